The average molecular weight is 295 g/mol. The first kappa shape index (κ1) is 14.8. The van der Waals surface area contributed by atoms with Crippen LogP contribution in [0.25, 0.3) is 0 Å². The molecule has 0 radical (unpaired) electrons. The van der Waals surface area contributed by atoms with E-state index in [1.807, 2.05) is 22.9 Å². The molecule has 1 aromatic carbocycles. The van der Waals surface area contributed by atoms with Crippen LogP contribution in [0.1, 0.15) is 24.7 Å². The van der Waals surface area contributed by atoms with Crippen molar-refractivity contribution in [3.05, 3.63) is 40.9 Å². The fraction of sp³-hybridized carbons (Fsp3) is 0.429. The number of hydrogen-bond acceptors (Lipinski definition) is 4. The minimum Gasteiger partial charge on any atom is -0.484 e. The highest BCUT2D eigenvalue weighted by atomic mass is 35.5. The van der Waals surface area contributed by atoms with Crippen molar-refractivity contribution in [3.8, 4) is 5.75 Å². The Hall–Kier alpha value is -1.59. The maximum atomic E-state index is 6.20. The molecule has 0 saturated heterocycles. The van der Waals surface area contributed by atoms with Crippen LogP contribution in [0, 0.1) is 0 Å². The van der Waals surface area contributed by atoms with Crippen molar-refractivity contribution in [1.29, 1.82) is 0 Å². The van der Waals surface area contributed by atoms with E-state index in [-0.39, 0.29) is 0 Å². The van der Waals surface area contributed by atoms with Crippen molar-refractivity contribution in [2.75, 3.05) is 6.54 Å². The van der Waals surface area contributed by atoms with Gasteiger partial charge in [0.2, 0.25) is 0 Å². The maximum absolute atomic E-state index is 6.20. The monoisotopic (exact) mass is 294 g/mol. The highest BCUT2D eigenvalue weighted by Gasteiger charge is 2.10. The van der Waals surface area contributed by atoms with Crippen LogP contribution in [0.15, 0.2) is 24.5 Å². The van der Waals surface area contributed by atoms with Gasteiger partial charge in [0.15, 0.2) is 5.82 Å². The molecule has 20 heavy (non-hydrogen) atoms. The third-order valence-electron chi connectivity index (χ3n) is 2.94. The van der Waals surface area contributed by atoms with Crippen LogP contribution in [0.4, 0.5) is 0 Å². The summed E-state index contributed by atoms with van der Waals surface area (Å²) in [4.78, 5) is 4.21. The Morgan fingerprint density at radius 2 is 2.25 bits per heavy atom. The fourth-order valence-corrected chi connectivity index (χ4v) is 2.25. The molecular weight excluding hydrogens is 276 g/mol. The average Bonchev–Trinajstić information content (AvgIpc) is 2.86. The minimum atomic E-state index is 0.349. The van der Waals surface area contributed by atoms with Gasteiger partial charge in [-0.15, -0.1) is 0 Å². The lowest BCUT2D eigenvalue weighted by molar-refractivity contribution is 0.283. The van der Waals surface area contributed by atoms with Crippen molar-refractivity contribution in [3.63, 3.8) is 0 Å². The highest BCUT2D eigenvalue weighted by molar-refractivity contribution is 6.32. The van der Waals surface area contributed by atoms with Gasteiger partial charge in [0.25, 0.3) is 0 Å². The van der Waals surface area contributed by atoms with Gasteiger partial charge in [0.05, 0.1) is 5.02 Å². The van der Waals surface area contributed by atoms with Crippen molar-refractivity contribution >= 4 is 11.6 Å². The highest BCUT2D eigenvalue weighted by Crippen LogP contribution is 2.29. The lowest BCUT2D eigenvalue weighted by Crippen LogP contribution is -2.10. The molecule has 2 rings (SSSR count). The third kappa shape index (κ3) is 3.49. The number of aromatic nitrogens is 3. The second-order valence-electron chi connectivity index (χ2n) is 4.45. The smallest absolute Gasteiger partial charge is 0.164 e. The van der Waals surface area contributed by atoms with E-state index in [0.29, 0.717) is 23.9 Å². The number of nitrogens with two attached hydrogens (primary N) is 1. The Kier molecular flexibility index (Phi) is 5.38. The number of para-hydroxylation sites is 1. The Morgan fingerprint density at radius 1 is 1.40 bits per heavy atom. The van der Waals surface area contributed by atoms with Gasteiger partial charge in [-0.1, -0.05) is 30.7 Å². The number of nitrogens with zero attached hydrogens (tertiary/aromatic N) is 3. The first-order chi connectivity index (χ1) is 9.76. The van der Waals surface area contributed by atoms with Crippen LogP contribution >= 0.6 is 11.6 Å². The Morgan fingerprint density at radius 3 is 3.00 bits per heavy atom. The van der Waals surface area contributed by atoms with Gasteiger partial charge in [-0.3, -0.25) is 0 Å². The molecule has 0 aliphatic rings. The summed E-state index contributed by atoms with van der Waals surface area (Å²) in [6.07, 6.45) is 3.28. The molecular formula is C14H19ClN4O. The summed E-state index contributed by atoms with van der Waals surface area (Å²) in [5.74, 6) is 1.48. The van der Waals surface area contributed by atoms with Crippen molar-refractivity contribution in [1.82, 2.24) is 14.8 Å². The molecule has 0 unspecified atom stereocenters. The summed E-state index contributed by atoms with van der Waals surface area (Å²) in [6, 6.07) is 5.69. The van der Waals surface area contributed by atoms with Crippen LogP contribution < -0.4 is 10.5 Å². The van der Waals surface area contributed by atoms with E-state index < -0.39 is 0 Å². The van der Waals surface area contributed by atoms with E-state index >= 15 is 0 Å². The van der Waals surface area contributed by atoms with Crippen molar-refractivity contribution < 1.29 is 4.74 Å². The number of hydrogen-bond donors (Lipinski definition) is 1. The SMILES string of the molecule is CCCn1ncnc1COc1c(Cl)cccc1CCN. The molecule has 0 aliphatic carbocycles. The van der Waals surface area contributed by atoms with E-state index in [2.05, 4.69) is 17.0 Å². The zero-order valence-electron chi connectivity index (χ0n) is 11.6. The number of benzene rings is 1. The predicted octanol–water partition coefficient (Wildman–Crippen LogP) is 2.42. The second kappa shape index (κ2) is 7.26. The molecule has 2 aromatic rings. The first-order valence-electron chi connectivity index (χ1n) is 6.73. The van der Waals surface area contributed by atoms with Gasteiger partial charge in [-0.25, -0.2) is 9.67 Å². The standard InChI is InChI=1S/C14H19ClN4O/c1-2-8-19-13(17-10-18-19)9-20-14-11(6-7-16)4-3-5-12(14)15/h3-5,10H,2,6-9,16H2,1H3. The molecule has 0 bridgehead atoms. The summed E-state index contributed by atoms with van der Waals surface area (Å²) >= 11 is 6.20. The van der Waals surface area contributed by atoms with Gasteiger partial charge >= 0.3 is 0 Å². The number of rotatable bonds is 7. The van der Waals surface area contributed by atoms with Gasteiger partial charge in [-0.05, 0) is 31.0 Å². The summed E-state index contributed by atoms with van der Waals surface area (Å²) < 4.78 is 7.69. The van der Waals surface area contributed by atoms with Gasteiger partial charge in [0.1, 0.15) is 18.7 Å². The largest absolute Gasteiger partial charge is 0.484 e. The van der Waals surface area contributed by atoms with E-state index in [1.54, 1.807) is 6.33 Å². The topological polar surface area (TPSA) is 66.0 Å². The summed E-state index contributed by atoms with van der Waals surface area (Å²) in [6.45, 7) is 3.83. The lowest BCUT2D eigenvalue weighted by atomic mass is 10.1. The van der Waals surface area contributed by atoms with Crippen LogP contribution in [-0.4, -0.2) is 21.3 Å². The zero-order valence-corrected chi connectivity index (χ0v) is 12.3. The quantitative estimate of drug-likeness (QED) is 0.851. The third-order valence-corrected chi connectivity index (χ3v) is 3.24. The molecule has 6 heteroatoms. The van der Waals surface area contributed by atoms with Crippen LogP contribution in [0.2, 0.25) is 5.02 Å². The van der Waals surface area contributed by atoms with E-state index in [4.69, 9.17) is 22.1 Å². The molecule has 1 aromatic heterocycles. The molecule has 0 fully saturated rings. The summed E-state index contributed by atoms with van der Waals surface area (Å²) in [7, 11) is 0. The van der Waals surface area contributed by atoms with E-state index in [9.17, 15) is 0 Å². The Balaban J connectivity index is 2.12. The Bertz CT molecular complexity index is 556. The number of halogens is 1. The van der Waals surface area contributed by atoms with Crippen LogP contribution in [0.5, 0.6) is 5.75 Å². The predicted molar refractivity (Wildman–Crippen MR) is 78.9 cm³/mol. The van der Waals surface area contributed by atoms with Crippen LogP contribution in [-0.2, 0) is 19.6 Å². The van der Waals surface area contributed by atoms with Crippen LogP contribution in [0.3, 0.4) is 0 Å². The maximum Gasteiger partial charge on any atom is 0.164 e. The summed E-state index contributed by atoms with van der Waals surface area (Å²) in [5, 5.41) is 4.77. The second-order valence-corrected chi connectivity index (χ2v) is 4.86. The molecule has 0 amide bonds. The zero-order chi connectivity index (χ0) is 14.4. The molecule has 1 heterocycles. The molecule has 5 nitrogen and oxygen atoms in total. The number of ether oxygens (including phenoxy) is 1. The van der Waals surface area contributed by atoms with Crippen molar-refractivity contribution in [2.24, 2.45) is 5.73 Å². The molecule has 2 N–H and O–H groups in total. The summed E-state index contributed by atoms with van der Waals surface area (Å²) in [5.41, 5.74) is 6.62. The van der Waals surface area contributed by atoms with Gasteiger partial charge < -0.3 is 10.5 Å². The molecule has 0 atom stereocenters. The van der Waals surface area contributed by atoms with E-state index in [0.717, 1.165) is 30.8 Å². The first-order valence-corrected chi connectivity index (χ1v) is 7.11. The minimum absolute atomic E-state index is 0.349. The number of aryl methyl sites for hydroxylation is 1. The van der Waals surface area contributed by atoms with Gasteiger partial charge in [0, 0.05) is 6.54 Å². The normalized spacial score (nSPS) is 10.8. The molecule has 0 saturated carbocycles. The van der Waals surface area contributed by atoms with Crippen molar-refractivity contribution in [2.45, 2.75) is 32.9 Å². The molecule has 0 aliphatic heterocycles. The lowest BCUT2D eigenvalue weighted by Gasteiger charge is -2.12. The van der Waals surface area contributed by atoms with Gasteiger partial charge in [-0.2, -0.15) is 5.10 Å². The fourth-order valence-electron chi connectivity index (χ4n) is 2.00. The van der Waals surface area contributed by atoms with E-state index in [1.165, 1.54) is 0 Å². The molecule has 108 valence electrons. The molecule has 0 spiro atoms. The Labute approximate surface area is 123 Å².